The standard InChI is InChI=1S/C11H18N2/c1-9-4-2-6-11(9)13-8-10-5-3-7-12-10/h3,5,7,9,11-13H,2,4,6,8H2,1H3. The Labute approximate surface area is 79.7 Å². The maximum Gasteiger partial charge on any atom is 0.0359 e. The Bertz CT molecular complexity index is 241. The Morgan fingerprint density at radius 1 is 1.54 bits per heavy atom. The van der Waals surface area contributed by atoms with Crippen LogP contribution in [0.5, 0.6) is 0 Å². The molecule has 1 saturated carbocycles. The fraction of sp³-hybridized carbons (Fsp3) is 0.636. The summed E-state index contributed by atoms with van der Waals surface area (Å²) in [6.07, 6.45) is 6.11. The van der Waals surface area contributed by atoms with E-state index in [0.717, 1.165) is 18.5 Å². The second kappa shape index (κ2) is 3.97. The summed E-state index contributed by atoms with van der Waals surface area (Å²) >= 11 is 0. The van der Waals surface area contributed by atoms with E-state index in [-0.39, 0.29) is 0 Å². The average Bonchev–Trinajstić information content (AvgIpc) is 2.72. The van der Waals surface area contributed by atoms with Crippen molar-refractivity contribution >= 4 is 0 Å². The first kappa shape index (κ1) is 8.82. The molecule has 0 saturated heterocycles. The number of hydrogen-bond acceptors (Lipinski definition) is 1. The van der Waals surface area contributed by atoms with Crippen molar-refractivity contribution in [1.82, 2.24) is 10.3 Å². The molecule has 1 fully saturated rings. The SMILES string of the molecule is CC1CCCC1NCc1ccc[nH]1. The van der Waals surface area contributed by atoms with Crippen LogP contribution in [0.25, 0.3) is 0 Å². The van der Waals surface area contributed by atoms with Gasteiger partial charge in [0.25, 0.3) is 0 Å². The molecule has 1 aromatic rings. The van der Waals surface area contributed by atoms with E-state index >= 15 is 0 Å². The predicted molar refractivity (Wildman–Crippen MR) is 54.4 cm³/mol. The van der Waals surface area contributed by atoms with Crippen LogP contribution < -0.4 is 5.32 Å². The molecule has 2 N–H and O–H groups in total. The number of aromatic nitrogens is 1. The van der Waals surface area contributed by atoms with E-state index in [0.29, 0.717) is 0 Å². The Morgan fingerprint density at radius 2 is 2.46 bits per heavy atom. The smallest absolute Gasteiger partial charge is 0.0359 e. The Kier molecular flexibility index (Phi) is 2.69. The summed E-state index contributed by atoms with van der Waals surface area (Å²) in [5.74, 6) is 0.856. The molecular formula is C11H18N2. The van der Waals surface area contributed by atoms with Gasteiger partial charge in [-0.3, -0.25) is 0 Å². The second-order valence-corrected chi connectivity index (χ2v) is 4.09. The molecule has 1 aliphatic carbocycles. The highest BCUT2D eigenvalue weighted by Crippen LogP contribution is 2.24. The second-order valence-electron chi connectivity index (χ2n) is 4.09. The maximum atomic E-state index is 3.60. The lowest BCUT2D eigenvalue weighted by molar-refractivity contribution is 0.424. The van der Waals surface area contributed by atoms with Crippen molar-refractivity contribution < 1.29 is 0 Å². The lowest BCUT2D eigenvalue weighted by Crippen LogP contribution is -2.30. The quantitative estimate of drug-likeness (QED) is 0.730. The average molecular weight is 178 g/mol. The largest absolute Gasteiger partial charge is 0.364 e. The fourth-order valence-electron chi connectivity index (χ4n) is 2.17. The van der Waals surface area contributed by atoms with Gasteiger partial charge in [-0.25, -0.2) is 0 Å². The molecule has 0 aromatic carbocycles. The van der Waals surface area contributed by atoms with Gasteiger partial charge in [-0.1, -0.05) is 13.3 Å². The third kappa shape index (κ3) is 2.13. The summed E-state index contributed by atoms with van der Waals surface area (Å²) < 4.78 is 0. The van der Waals surface area contributed by atoms with Gasteiger partial charge < -0.3 is 10.3 Å². The normalized spacial score (nSPS) is 28.1. The molecular weight excluding hydrogens is 160 g/mol. The highest BCUT2D eigenvalue weighted by atomic mass is 14.9. The number of nitrogens with one attached hydrogen (secondary N) is 2. The summed E-state index contributed by atoms with van der Waals surface area (Å²) in [4.78, 5) is 3.21. The molecule has 1 heterocycles. The van der Waals surface area contributed by atoms with Crippen LogP contribution in [0.4, 0.5) is 0 Å². The first-order valence-corrected chi connectivity index (χ1v) is 5.22. The minimum atomic E-state index is 0.739. The number of hydrogen-bond donors (Lipinski definition) is 2. The van der Waals surface area contributed by atoms with Gasteiger partial charge >= 0.3 is 0 Å². The molecule has 0 bridgehead atoms. The Hall–Kier alpha value is -0.760. The Morgan fingerprint density at radius 3 is 3.08 bits per heavy atom. The van der Waals surface area contributed by atoms with Crippen LogP contribution >= 0.6 is 0 Å². The third-order valence-corrected chi connectivity index (χ3v) is 3.08. The number of H-pyrrole nitrogens is 1. The fourth-order valence-corrected chi connectivity index (χ4v) is 2.17. The van der Waals surface area contributed by atoms with E-state index in [1.54, 1.807) is 0 Å². The molecule has 0 aliphatic heterocycles. The molecule has 2 nitrogen and oxygen atoms in total. The zero-order chi connectivity index (χ0) is 9.10. The lowest BCUT2D eigenvalue weighted by Gasteiger charge is -2.16. The third-order valence-electron chi connectivity index (χ3n) is 3.08. The molecule has 2 heteroatoms. The van der Waals surface area contributed by atoms with Crippen LogP contribution in [0, 0.1) is 5.92 Å². The van der Waals surface area contributed by atoms with Crippen LogP contribution in [0.1, 0.15) is 31.9 Å². The van der Waals surface area contributed by atoms with Crippen molar-refractivity contribution in [3.63, 3.8) is 0 Å². The van der Waals surface area contributed by atoms with Gasteiger partial charge in [0.2, 0.25) is 0 Å². The highest BCUT2D eigenvalue weighted by Gasteiger charge is 2.22. The van der Waals surface area contributed by atoms with E-state index in [2.05, 4.69) is 29.4 Å². The van der Waals surface area contributed by atoms with Crippen molar-refractivity contribution in [3.05, 3.63) is 24.0 Å². The van der Waals surface area contributed by atoms with Gasteiger partial charge in [0, 0.05) is 24.5 Å². The van der Waals surface area contributed by atoms with Crippen molar-refractivity contribution in [1.29, 1.82) is 0 Å². The van der Waals surface area contributed by atoms with Crippen LogP contribution in [0.15, 0.2) is 18.3 Å². The summed E-state index contributed by atoms with van der Waals surface area (Å²) in [5.41, 5.74) is 1.29. The van der Waals surface area contributed by atoms with Gasteiger partial charge in [0.1, 0.15) is 0 Å². The van der Waals surface area contributed by atoms with Gasteiger partial charge in [0.05, 0.1) is 0 Å². The van der Waals surface area contributed by atoms with E-state index in [1.807, 2.05) is 6.20 Å². The molecule has 0 amide bonds. The molecule has 1 aromatic heterocycles. The zero-order valence-electron chi connectivity index (χ0n) is 8.22. The molecule has 1 aliphatic rings. The van der Waals surface area contributed by atoms with Gasteiger partial charge in [-0.05, 0) is 30.9 Å². The van der Waals surface area contributed by atoms with Crippen LogP contribution in [0.3, 0.4) is 0 Å². The van der Waals surface area contributed by atoms with Crippen LogP contribution in [0.2, 0.25) is 0 Å². The molecule has 2 rings (SSSR count). The topological polar surface area (TPSA) is 27.8 Å². The number of aromatic amines is 1. The van der Waals surface area contributed by atoms with Crippen molar-refractivity contribution in [2.24, 2.45) is 5.92 Å². The summed E-state index contributed by atoms with van der Waals surface area (Å²) in [6, 6.07) is 4.92. The molecule has 13 heavy (non-hydrogen) atoms. The first-order valence-electron chi connectivity index (χ1n) is 5.22. The van der Waals surface area contributed by atoms with Gasteiger partial charge in [-0.2, -0.15) is 0 Å². The molecule has 0 radical (unpaired) electrons. The summed E-state index contributed by atoms with van der Waals surface area (Å²) in [5, 5.41) is 3.60. The van der Waals surface area contributed by atoms with E-state index in [4.69, 9.17) is 0 Å². The van der Waals surface area contributed by atoms with E-state index in [9.17, 15) is 0 Å². The van der Waals surface area contributed by atoms with Crippen LogP contribution in [-0.2, 0) is 6.54 Å². The summed E-state index contributed by atoms with van der Waals surface area (Å²) in [6.45, 7) is 3.33. The Balaban J connectivity index is 1.79. The highest BCUT2D eigenvalue weighted by molar-refractivity contribution is 5.03. The van der Waals surface area contributed by atoms with Crippen LogP contribution in [-0.4, -0.2) is 11.0 Å². The van der Waals surface area contributed by atoms with Gasteiger partial charge in [0.15, 0.2) is 0 Å². The number of rotatable bonds is 3. The lowest BCUT2D eigenvalue weighted by atomic mass is 10.1. The minimum absolute atomic E-state index is 0.739. The molecule has 0 spiro atoms. The van der Waals surface area contributed by atoms with Crippen molar-refractivity contribution in [2.45, 2.75) is 38.8 Å². The maximum absolute atomic E-state index is 3.60. The van der Waals surface area contributed by atoms with Crippen molar-refractivity contribution in [3.8, 4) is 0 Å². The van der Waals surface area contributed by atoms with E-state index < -0.39 is 0 Å². The monoisotopic (exact) mass is 178 g/mol. The zero-order valence-corrected chi connectivity index (χ0v) is 8.22. The molecule has 2 unspecified atom stereocenters. The minimum Gasteiger partial charge on any atom is -0.364 e. The van der Waals surface area contributed by atoms with E-state index in [1.165, 1.54) is 25.0 Å². The predicted octanol–water partition coefficient (Wildman–Crippen LogP) is 2.29. The van der Waals surface area contributed by atoms with Gasteiger partial charge in [-0.15, -0.1) is 0 Å². The summed E-state index contributed by atoms with van der Waals surface area (Å²) in [7, 11) is 0. The molecule has 2 atom stereocenters. The van der Waals surface area contributed by atoms with Crippen molar-refractivity contribution in [2.75, 3.05) is 0 Å². The first-order chi connectivity index (χ1) is 6.36. The molecule has 72 valence electrons.